The van der Waals surface area contributed by atoms with E-state index in [-0.39, 0.29) is 25.2 Å². The Balaban J connectivity index is 1.69. The summed E-state index contributed by atoms with van der Waals surface area (Å²) in [5.74, 6) is 0.299. The van der Waals surface area contributed by atoms with Crippen molar-refractivity contribution < 1.29 is 19.2 Å². The lowest BCUT2D eigenvalue weighted by Crippen LogP contribution is -2.43. The second kappa shape index (κ2) is 8.45. The number of amides is 1. The monoisotopic (exact) mass is 318 g/mol. The van der Waals surface area contributed by atoms with Crippen LogP contribution in [0.5, 0.6) is 0 Å². The Labute approximate surface area is 135 Å². The molecule has 2 N–H and O–H groups in total. The predicted molar refractivity (Wildman–Crippen MR) is 84.7 cm³/mol. The molecule has 2 aromatic rings. The first kappa shape index (κ1) is 17.2. The maximum atomic E-state index is 11.8. The molecule has 1 aromatic carbocycles. The summed E-state index contributed by atoms with van der Waals surface area (Å²) in [4.78, 5) is 11.8. The van der Waals surface area contributed by atoms with Crippen molar-refractivity contribution in [1.29, 1.82) is 0 Å². The Kier molecular flexibility index (Phi) is 6.31. The van der Waals surface area contributed by atoms with Gasteiger partial charge < -0.3 is 19.7 Å². The van der Waals surface area contributed by atoms with Crippen LogP contribution in [0.3, 0.4) is 0 Å². The SMILES string of the molecule is Cc1cc(COCC(=O)N[C@H](C)[C@H](O)Cc2ccccc2)on1. The summed E-state index contributed by atoms with van der Waals surface area (Å²) in [7, 11) is 0. The number of ether oxygens (including phenoxy) is 1. The molecule has 1 amide bonds. The molecule has 124 valence electrons. The number of aliphatic hydroxyl groups is 1. The third-order valence-electron chi connectivity index (χ3n) is 3.41. The van der Waals surface area contributed by atoms with Crippen LogP contribution in [0.4, 0.5) is 0 Å². The highest BCUT2D eigenvalue weighted by Gasteiger charge is 2.17. The summed E-state index contributed by atoms with van der Waals surface area (Å²) in [5, 5.41) is 16.6. The predicted octanol–water partition coefficient (Wildman–Crippen LogP) is 1.61. The van der Waals surface area contributed by atoms with Crippen LogP contribution in [-0.2, 0) is 22.6 Å². The highest BCUT2D eigenvalue weighted by molar-refractivity contribution is 5.77. The number of carbonyl (C=O) groups excluding carboxylic acids is 1. The summed E-state index contributed by atoms with van der Waals surface area (Å²) in [6.45, 7) is 3.68. The first-order valence-corrected chi connectivity index (χ1v) is 7.56. The van der Waals surface area contributed by atoms with E-state index < -0.39 is 6.10 Å². The van der Waals surface area contributed by atoms with Crippen LogP contribution in [0.15, 0.2) is 40.9 Å². The quantitative estimate of drug-likeness (QED) is 0.772. The molecule has 0 aliphatic carbocycles. The fourth-order valence-corrected chi connectivity index (χ4v) is 2.15. The molecule has 0 unspecified atom stereocenters. The van der Waals surface area contributed by atoms with Gasteiger partial charge in [0.1, 0.15) is 13.2 Å². The minimum absolute atomic E-state index is 0.0951. The van der Waals surface area contributed by atoms with E-state index in [4.69, 9.17) is 9.26 Å². The van der Waals surface area contributed by atoms with Crippen LogP contribution < -0.4 is 5.32 Å². The molecule has 2 atom stereocenters. The van der Waals surface area contributed by atoms with Gasteiger partial charge in [0, 0.05) is 12.5 Å². The molecule has 0 saturated heterocycles. The first-order valence-electron chi connectivity index (χ1n) is 7.56. The van der Waals surface area contributed by atoms with Crippen molar-refractivity contribution in [2.45, 2.75) is 39.0 Å². The topological polar surface area (TPSA) is 84.6 Å². The number of rotatable bonds is 8. The molecular formula is C17H22N2O4. The largest absolute Gasteiger partial charge is 0.391 e. The van der Waals surface area contributed by atoms with Gasteiger partial charge in [0.05, 0.1) is 17.8 Å². The number of nitrogens with one attached hydrogen (secondary N) is 1. The number of hydrogen-bond donors (Lipinski definition) is 2. The molecule has 23 heavy (non-hydrogen) atoms. The molecule has 1 aromatic heterocycles. The number of carbonyl (C=O) groups is 1. The Bertz CT molecular complexity index is 612. The highest BCUT2D eigenvalue weighted by Crippen LogP contribution is 2.06. The molecule has 1 heterocycles. The van der Waals surface area contributed by atoms with Gasteiger partial charge in [-0.3, -0.25) is 4.79 Å². The second-order valence-corrected chi connectivity index (χ2v) is 5.54. The fraction of sp³-hybridized carbons (Fsp3) is 0.412. The van der Waals surface area contributed by atoms with Crippen molar-refractivity contribution in [3.05, 3.63) is 53.4 Å². The van der Waals surface area contributed by atoms with Gasteiger partial charge in [-0.25, -0.2) is 0 Å². The van der Waals surface area contributed by atoms with Gasteiger partial charge in [-0.1, -0.05) is 35.5 Å². The van der Waals surface area contributed by atoms with E-state index in [1.54, 1.807) is 13.0 Å². The van der Waals surface area contributed by atoms with Crippen LogP contribution in [0, 0.1) is 6.92 Å². The van der Waals surface area contributed by atoms with Crippen LogP contribution in [0.2, 0.25) is 0 Å². The maximum absolute atomic E-state index is 11.8. The third-order valence-corrected chi connectivity index (χ3v) is 3.41. The average molecular weight is 318 g/mol. The molecule has 0 bridgehead atoms. The number of hydrogen-bond acceptors (Lipinski definition) is 5. The summed E-state index contributed by atoms with van der Waals surface area (Å²) in [6, 6.07) is 11.0. The standard InChI is InChI=1S/C17H22N2O4/c1-12-8-15(23-19-12)10-22-11-17(21)18-13(2)16(20)9-14-6-4-3-5-7-14/h3-8,13,16,20H,9-11H2,1-2H3,(H,18,21)/t13-,16-/m1/s1. The zero-order valence-corrected chi connectivity index (χ0v) is 13.4. The molecule has 6 nitrogen and oxygen atoms in total. The van der Waals surface area contributed by atoms with Gasteiger partial charge in [0.2, 0.25) is 5.91 Å². The van der Waals surface area contributed by atoms with Gasteiger partial charge in [-0.15, -0.1) is 0 Å². The van der Waals surface area contributed by atoms with E-state index in [1.807, 2.05) is 37.3 Å². The zero-order chi connectivity index (χ0) is 16.7. The third kappa shape index (κ3) is 5.84. The van der Waals surface area contributed by atoms with Gasteiger partial charge >= 0.3 is 0 Å². The van der Waals surface area contributed by atoms with E-state index >= 15 is 0 Å². The highest BCUT2D eigenvalue weighted by atomic mass is 16.5. The second-order valence-electron chi connectivity index (χ2n) is 5.54. The summed E-state index contributed by atoms with van der Waals surface area (Å²) < 4.78 is 10.3. The van der Waals surface area contributed by atoms with Gasteiger partial charge in [-0.05, 0) is 19.4 Å². The van der Waals surface area contributed by atoms with E-state index in [2.05, 4.69) is 10.5 Å². The molecule has 0 fully saturated rings. The smallest absolute Gasteiger partial charge is 0.246 e. The summed E-state index contributed by atoms with van der Waals surface area (Å²) >= 11 is 0. The lowest BCUT2D eigenvalue weighted by molar-refractivity contribution is -0.127. The van der Waals surface area contributed by atoms with Crippen LogP contribution in [0.25, 0.3) is 0 Å². The van der Waals surface area contributed by atoms with Crippen molar-refractivity contribution in [1.82, 2.24) is 10.5 Å². The number of aryl methyl sites for hydroxylation is 1. The fourth-order valence-electron chi connectivity index (χ4n) is 2.15. The Morgan fingerprint density at radius 1 is 1.39 bits per heavy atom. The van der Waals surface area contributed by atoms with Gasteiger partial charge in [-0.2, -0.15) is 0 Å². The zero-order valence-electron chi connectivity index (χ0n) is 13.4. The maximum Gasteiger partial charge on any atom is 0.246 e. The average Bonchev–Trinajstić information content (AvgIpc) is 2.93. The Morgan fingerprint density at radius 3 is 2.78 bits per heavy atom. The van der Waals surface area contributed by atoms with Crippen molar-refractivity contribution in [2.24, 2.45) is 0 Å². The minimum Gasteiger partial charge on any atom is -0.391 e. The van der Waals surface area contributed by atoms with Crippen LogP contribution in [0.1, 0.15) is 23.9 Å². The van der Waals surface area contributed by atoms with Crippen molar-refractivity contribution in [3.63, 3.8) is 0 Å². The molecule has 0 spiro atoms. The Morgan fingerprint density at radius 2 is 2.13 bits per heavy atom. The van der Waals surface area contributed by atoms with Gasteiger partial charge in [0.15, 0.2) is 5.76 Å². The normalized spacial score (nSPS) is 13.5. The van der Waals surface area contributed by atoms with Gasteiger partial charge in [0.25, 0.3) is 0 Å². The van der Waals surface area contributed by atoms with E-state index in [0.717, 1.165) is 11.3 Å². The van der Waals surface area contributed by atoms with E-state index in [9.17, 15) is 9.90 Å². The molecule has 0 radical (unpaired) electrons. The van der Waals surface area contributed by atoms with Crippen molar-refractivity contribution >= 4 is 5.91 Å². The van der Waals surface area contributed by atoms with E-state index in [1.165, 1.54) is 0 Å². The molecule has 2 rings (SSSR count). The molecule has 0 aliphatic heterocycles. The first-order chi connectivity index (χ1) is 11.0. The minimum atomic E-state index is -0.654. The molecule has 6 heteroatoms. The molecular weight excluding hydrogens is 296 g/mol. The van der Waals surface area contributed by atoms with Crippen molar-refractivity contribution in [2.75, 3.05) is 6.61 Å². The number of aliphatic hydroxyl groups excluding tert-OH is 1. The summed E-state index contributed by atoms with van der Waals surface area (Å²) in [6.07, 6.45) is -0.168. The number of nitrogens with zero attached hydrogens (tertiary/aromatic N) is 1. The molecule has 0 saturated carbocycles. The number of aromatic nitrogens is 1. The van der Waals surface area contributed by atoms with Crippen molar-refractivity contribution in [3.8, 4) is 0 Å². The lowest BCUT2D eigenvalue weighted by Gasteiger charge is -2.20. The number of benzene rings is 1. The van der Waals surface area contributed by atoms with E-state index in [0.29, 0.717) is 12.2 Å². The van der Waals surface area contributed by atoms with Crippen LogP contribution in [-0.4, -0.2) is 34.9 Å². The molecule has 0 aliphatic rings. The van der Waals surface area contributed by atoms with Crippen LogP contribution >= 0.6 is 0 Å². The Hall–Kier alpha value is -2.18. The lowest BCUT2D eigenvalue weighted by atomic mass is 10.0. The summed E-state index contributed by atoms with van der Waals surface area (Å²) in [5.41, 5.74) is 1.80.